The SMILES string of the molecule is C=CCN(C(=O)OCc1ccc([N+](=O)[O-])cc1)C1CCN(CC2CCC(C(CC3CC3)C(=O)O)C2)CC1.c1ccsc1. The monoisotopic (exact) mass is 597 g/mol. The molecule has 3 atom stereocenters. The Morgan fingerprint density at radius 1 is 1.10 bits per heavy atom. The van der Waals surface area contributed by atoms with Crippen LogP contribution in [0.4, 0.5) is 10.5 Å². The second kappa shape index (κ2) is 15.8. The number of nitrogens with zero attached hydrogens (tertiary/aromatic N) is 3. The summed E-state index contributed by atoms with van der Waals surface area (Å²) in [6.07, 6.45) is 9.43. The van der Waals surface area contributed by atoms with Crippen molar-refractivity contribution in [3.8, 4) is 0 Å². The number of carbonyl (C=O) groups excluding carboxylic acids is 1. The molecule has 1 aliphatic heterocycles. The van der Waals surface area contributed by atoms with Crippen LogP contribution in [0.2, 0.25) is 0 Å². The van der Waals surface area contributed by atoms with Crippen molar-refractivity contribution >= 4 is 29.1 Å². The zero-order valence-electron chi connectivity index (χ0n) is 24.2. The van der Waals surface area contributed by atoms with Crippen molar-refractivity contribution in [2.24, 2.45) is 23.7 Å². The molecule has 5 rings (SSSR count). The topological polar surface area (TPSA) is 113 Å². The number of ether oxygens (including phenoxy) is 1. The number of hydrogen-bond acceptors (Lipinski definition) is 7. The van der Waals surface area contributed by atoms with Gasteiger partial charge in [-0.25, -0.2) is 4.79 Å². The summed E-state index contributed by atoms with van der Waals surface area (Å²) in [6, 6.07) is 10.1. The summed E-state index contributed by atoms with van der Waals surface area (Å²) in [5.74, 6) is 0.722. The van der Waals surface area contributed by atoms with E-state index >= 15 is 0 Å². The number of amides is 1. The number of nitro benzene ring substituents is 1. The summed E-state index contributed by atoms with van der Waals surface area (Å²) >= 11 is 1.71. The van der Waals surface area contributed by atoms with Crippen molar-refractivity contribution in [3.05, 3.63) is 75.5 Å². The Labute approximate surface area is 252 Å². The molecule has 42 heavy (non-hydrogen) atoms. The molecule has 1 aromatic carbocycles. The molecular formula is C32H43N3O6S. The fourth-order valence-corrected chi connectivity index (χ4v) is 6.77. The van der Waals surface area contributed by atoms with Crippen molar-refractivity contribution in [2.75, 3.05) is 26.2 Å². The standard InChI is InChI=1S/C28H39N3O6.C4H4S/c1-2-13-30(28(34)37-19-21-6-9-25(10-7-21)31(35)36)24-11-14-29(15-12-24)18-22-5-8-23(16-22)26(27(32)33)17-20-3-4-20;1-2-4-5-3-1/h2,6-7,9-10,20,22-24,26H,1,3-5,8,11-19H2,(H,32,33);1-4H. The van der Waals surface area contributed by atoms with E-state index in [1.807, 2.05) is 22.9 Å². The molecule has 2 aromatic rings. The van der Waals surface area contributed by atoms with Crippen molar-refractivity contribution in [1.29, 1.82) is 0 Å². The molecule has 3 fully saturated rings. The Balaban J connectivity index is 0.000000732. The van der Waals surface area contributed by atoms with Crippen LogP contribution in [0.5, 0.6) is 0 Å². The number of hydrogen-bond donors (Lipinski definition) is 1. The van der Waals surface area contributed by atoms with Crippen LogP contribution < -0.4 is 0 Å². The lowest BCUT2D eigenvalue weighted by Gasteiger charge is -2.38. The van der Waals surface area contributed by atoms with Gasteiger partial charge in [-0.15, -0.1) is 6.58 Å². The fraction of sp³-hybridized carbons (Fsp3) is 0.562. The van der Waals surface area contributed by atoms with E-state index in [0.717, 1.165) is 58.2 Å². The first-order valence-corrected chi connectivity index (χ1v) is 16.0. The second-order valence-electron chi connectivity index (χ2n) is 11.8. The largest absolute Gasteiger partial charge is 0.481 e. The summed E-state index contributed by atoms with van der Waals surface area (Å²) in [4.78, 5) is 39.3. The van der Waals surface area contributed by atoms with E-state index in [9.17, 15) is 24.8 Å². The van der Waals surface area contributed by atoms with Crippen LogP contribution in [0.1, 0.15) is 56.9 Å². The third-order valence-electron chi connectivity index (χ3n) is 8.76. The number of carbonyl (C=O) groups is 2. The van der Waals surface area contributed by atoms with E-state index in [1.54, 1.807) is 34.4 Å². The Morgan fingerprint density at radius 2 is 1.76 bits per heavy atom. The Kier molecular flexibility index (Phi) is 12.0. The number of likely N-dealkylation sites (tertiary alicyclic amines) is 1. The highest BCUT2D eigenvalue weighted by Gasteiger charge is 2.39. The number of thiophene rings is 1. The van der Waals surface area contributed by atoms with Gasteiger partial charge in [-0.1, -0.05) is 31.1 Å². The van der Waals surface area contributed by atoms with Crippen LogP contribution in [-0.4, -0.2) is 64.1 Å². The van der Waals surface area contributed by atoms with Crippen molar-refractivity contribution in [3.63, 3.8) is 0 Å². The summed E-state index contributed by atoms with van der Waals surface area (Å²) in [5, 5.41) is 24.6. The number of aliphatic carboxylic acids is 1. The summed E-state index contributed by atoms with van der Waals surface area (Å²) < 4.78 is 5.52. The third-order valence-corrected chi connectivity index (χ3v) is 9.39. The zero-order valence-corrected chi connectivity index (χ0v) is 25.0. The van der Waals surface area contributed by atoms with Crippen LogP contribution in [0, 0.1) is 33.8 Å². The number of carboxylic acid groups (broad SMARTS) is 1. The summed E-state index contributed by atoms with van der Waals surface area (Å²) in [6.45, 7) is 7.07. The highest BCUT2D eigenvalue weighted by atomic mass is 32.1. The van der Waals surface area contributed by atoms with Gasteiger partial charge >= 0.3 is 12.1 Å². The molecular weight excluding hydrogens is 554 g/mol. The number of rotatable bonds is 12. The van der Waals surface area contributed by atoms with Gasteiger partial charge in [0.1, 0.15) is 6.61 Å². The van der Waals surface area contributed by atoms with Gasteiger partial charge in [0, 0.05) is 44.4 Å². The molecule has 2 heterocycles. The molecule has 2 saturated carbocycles. The van der Waals surface area contributed by atoms with Crippen molar-refractivity contribution in [1.82, 2.24) is 9.80 Å². The van der Waals surface area contributed by atoms with E-state index < -0.39 is 17.0 Å². The Morgan fingerprint density at radius 3 is 2.31 bits per heavy atom. The maximum absolute atomic E-state index is 12.9. The lowest BCUT2D eigenvalue weighted by molar-refractivity contribution is -0.384. The quantitative estimate of drug-likeness (QED) is 0.162. The van der Waals surface area contributed by atoms with Gasteiger partial charge in [-0.3, -0.25) is 14.9 Å². The molecule has 0 spiro atoms. The first-order chi connectivity index (χ1) is 20.3. The van der Waals surface area contributed by atoms with Gasteiger partial charge in [0.25, 0.3) is 5.69 Å². The lowest BCUT2D eigenvalue weighted by atomic mass is 9.86. The molecule has 1 saturated heterocycles. The highest BCUT2D eigenvalue weighted by molar-refractivity contribution is 7.07. The first-order valence-electron chi connectivity index (χ1n) is 15.0. The summed E-state index contributed by atoms with van der Waals surface area (Å²) in [5.41, 5.74) is 0.702. The van der Waals surface area contributed by atoms with Crippen LogP contribution in [0.15, 0.2) is 59.8 Å². The summed E-state index contributed by atoms with van der Waals surface area (Å²) in [7, 11) is 0. The van der Waals surface area contributed by atoms with E-state index in [-0.39, 0.29) is 24.3 Å². The minimum absolute atomic E-state index is 0.00297. The van der Waals surface area contributed by atoms with Crippen LogP contribution in [0.25, 0.3) is 0 Å². The van der Waals surface area contributed by atoms with Gasteiger partial charge in [0.05, 0.1) is 10.8 Å². The molecule has 228 valence electrons. The van der Waals surface area contributed by atoms with Gasteiger partial charge in [-0.05, 0) is 84.7 Å². The Hall–Kier alpha value is -3.24. The van der Waals surface area contributed by atoms with Crippen LogP contribution in [-0.2, 0) is 16.1 Å². The first kappa shape index (κ1) is 31.7. The predicted octanol–water partition coefficient (Wildman–Crippen LogP) is 6.85. The van der Waals surface area contributed by atoms with E-state index in [1.165, 1.54) is 25.0 Å². The third kappa shape index (κ3) is 9.66. The van der Waals surface area contributed by atoms with Gasteiger partial charge in [0.15, 0.2) is 0 Å². The van der Waals surface area contributed by atoms with Gasteiger partial charge in [0.2, 0.25) is 0 Å². The average Bonchev–Trinajstić information content (AvgIpc) is 3.39. The van der Waals surface area contributed by atoms with Crippen LogP contribution >= 0.6 is 11.3 Å². The van der Waals surface area contributed by atoms with E-state index in [0.29, 0.717) is 29.9 Å². The smallest absolute Gasteiger partial charge is 0.410 e. The lowest BCUT2D eigenvalue weighted by Crippen LogP contribution is -2.48. The normalized spacial score (nSPS) is 21.5. The van der Waals surface area contributed by atoms with Gasteiger partial charge in [-0.2, -0.15) is 11.3 Å². The van der Waals surface area contributed by atoms with Gasteiger partial charge < -0.3 is 19.6 Å². The van der Waals surface area contributed by atoms with Crippen molar-refractivity contribution in [2.45, 2.75) is 64.0 Å². The number of carboxylic acids is 1. The molecule has 0 radical (unpaired) electrons. The molecule has 0 bridgehead atoms. The van der Waals surface area contributed by atoms with Crippen molar-refractivity contribution < 1.29 is 24.4 Å². The fourth-order valence-electron chi connectivity index (χ4n) is 6.31. The zero-order chi connectivity index (χ0) is 29.9. The minimum Gasteiger partial charge on any atom is -0.481 e. The van der Waals surface area contributed by atoms with Crippen LogP contribution in [0.3, 0.4) is 0 Å². The van der Waals surface area contributed by atoms with E-state index in [2.05, 4.69) is 11.5 Å². The maximum Gasteiger partial charge on any atom is 0.410 e. The highest BCUT2D eigenvalue weighted by Crippen LogP contribution is 2.43. The molecule has 9 nitrogen and oxygen atoms in total. The predicted molar refractivity (Wildman–Crippen MR) is 163 cm³/mol. The average molecular weight is 598 g/mol. The molecule has 1 amide bonds. The molecule has 10 heteroatoms. The number of piperidine rings is 1. The number of non-ortho nitro benzene ring substituents is 1. The maximum atomic E-state index is 12.9. The second-order valence-corrected chi connectivity index (χ2v) is 12.6. The minimum atomic E-state index is -0.610. The molecule has 3 unspecified atom stereocenters. The van der Waals surface area contributed by atoms with E-state index in [4.69, 9.17) is 4.74 Å². The molecule has 1 N–H and O–H groups in total. The molecule has 3 aliphatic rings. The Bertz CT molecular complexity index is 1130. The number of benzene rings is 1. The molecule has 2 aliphatic carbocycles. The molecule has 1 aromatic heterocycles. The number of nitro groups is 1.